The van der Waals surface area contributed by atoms with Gasteiger partial charge in [0, 0.05) is 12.7 Å². The molecule has 1 atom stereocenters. The molecule has 0 fully saturated rings. The van der Waals surface area contributed by atoms with Gasteiger partial charge in [-0.2, -0.15) is 4.98 Å². The predicted octanol–water partition coefficient (Wildman–Crippen LogP) is 2.95. The van der Waals surface area contributed by atoms with E-state index in [-0.39, 0.29) is 11.8 Å². The van der Waals surface area contributed by atoms with Gasteiger partial charge in [-0.15, -0.1) is 0 Å². The maximum atomic E-state index is 13.1. The van der Waals surface area contributed by atoms with Crippen molar-refractivity contribution in [2.45, 2.75) is 25.9 Å². The van der Waals surface area contributed by atoms with Crippen molar-refractivity contribution in [2.75, 3.05) is 12.8 Å². The molecule has 1 aromatic heterocycles. The van der Waals surface area contributed by atoms with Crippen molar-refractivity contribution >= 4 is 5.69 Å². The number of anilines is 1. The lowest BCUT2D eigenvalue weighted by Crippen LogP contribution is -2.03. The molecule has 102 valence electrons. The van der Waals surface area contributed by atoms with Gasteiger partial charge < -0.3 is 15.0 Å². The van der Waals surface area contributed by atoms with Crippen LogP contribution in [0.25, 0.3) is 11.5 Å². The average Bonchev–Trinajstić information content (AvgIpc) is 2.88. The Morgan fingerprint density at radius 3 is 2.89 bits per heavy atom. The van der Waals surface area contributed by atoms with E-state index in [0.29, 0.717) is 17.3 Å². The molecule has 0 spiro atoms. The van der Waals surface area contributed by atoms with Gasteiger partial charge in [-0.05, 0) is 24.6 Å². The summed E-state index contributed by atoms with van der Waals surface area (Å²) >= 11 is 0. The first kappa shape index (κ1) is 13.5. The minimum absolute atomic E-state index is 0.0501. The van der Waals surface area contributed by atoms with E-state index in [0.717, 1.165) is 12.8 Å². The average molecular weight is 265 g/mol. The summed E-state index contributed by atoms with van der Waals surface area (Å²) in [6.45, 7) is 2.05. The Bertz CT molecular complexity index is 557. The predicted molar refractivity (Wildman–Crippen MR) is 68.8 cm³/mol. The molecular weight excluding hydrogens is 249 g/mol. The zero-order chi connectivity index (χ0) is 13.8. The summed E-state index contributed by atoms with van der Waals surface area (Å²) in [6.07, 6.45) is 1.56. The molecule has 2 rings (SSSR count). The number of nitrogens with zero attached hydrogens (tertiary/aromatic N) is 2. The van der Waals surface area contributed by atoms with Crippen LogP contribution in [-0.4, -0.2) is 17.3 Å². The van der Waals surface area contributed by atoms with Crippen LogP contribution in [0.4, 0.5) is 10.1 Å². The first-order valence-corrected chi connectivity index (χ1v) is 6.07. The third-order valence-electron chi connectivity index (χ3n) is 2.81. The van der Waals surface area contributed by atoms with Crippen LogP contribution in [0.3, 0.4) is 0 Å². The van der Waals surface area contributed by atoms with E-state index in [2.05, 4.69) is 10.1 Å². The standard InChI is InChI=1S/C13H16FN3O2/c1-3-4-11(18-2)12-16-13(19-17-12)8-5-6-9(14)10(15)7-8/h5-7,11H,3-4,15H2,1-2H3. The summed E-state index contributed by atoms with van der Waals surface area (Å²) in [5.41, 5.74) is 6.15. The quantitative estimate of drug-likeness (QED) is 0.841. The van der Waals surface area contributed by atoms with Crippen LogP contribution in [0, 0.1) is 5.82 Å². The number of nitrogens with two attached hydrogens (primary N) is 1. The van der Waals surface area contributed by atoms with Gasteiger partial charge in [0.15, 0.2) is 0 Å². The second-order valence-electron chi connectivity index (χ2n) is 4.21. The number of benzene rings is 1. The monoisotopic (exact) mass is 265 g/mol. The minimum atomic E-state index is -0.468. The van der Waals surface area contributed by atoms with Gasteiger partial charge >= 0.3 is 0 Å². The Morgan fingerprint density at radius 2 is 2.26 bits per heavy atom. The molecule has 1 heterocycles. The molecule has 0 aliphatic rings. The van der Waals surface area contributed by atoms with E-state index >= 15 is 0 Å². The van der Waals surface area contributed by atoms with Gasteiger partial charge in [0.05, 0.1) is 5.69 Å². The highest BCUT2D eigenvalue weighted by Crippen LogP contribution is 2.25. The molecule has 2 aromatic rings. The van der Waals surface area contributed by atoms with E-state index in [1.807, 2.05) is 6.92 Å². The Labute approximate surface area is 110 Å². The van der Waals surface area contributed by atoms with Crippen LogP contribution >= 0.6 is 0 Å². The minimum Gasteiger partial charge on any atom is -0.396 e. The van der Waals surface area contributed by atoms with Crippen molar-refractivity contribution in [1.29, 1.82) is 0 Å². The van der Waals surface area contributed by atoms with Crippen LogP contribution in [0.5, 0.6) is 0 Å². The maximum absolute atomic E-state index is 13.1. The number of ether oxygens (including phenoxy) is 1. The fourth-order valence-corrected chi connectivity index (χ4v) is 1.77. The molecule has 0 aliphatic carbocycles. The molecule has 2 N–H and O–H groups in total. The fourth-order valence-electron chi connectivity index (χ4n) is 1.77. The van der Waals surface area contributed by atoms with Crippen molar-refractivity contribution in [3.05, 3.63) is 29.8 Å². The van der Waals surface area contributed by atoms with E-state index in [1.165, 1.54) is 12.1 Å². The summed E-state index contributed by atoms with van der Waals surface area (Å²) < 4.78 is 23.5. The zero-order valence-corrected chi connectivity index (χ0v) is 10.9. The largest absolute Gasteiger partial charge is 0.396 e. The molecule has 19 heavy (non-hydrogen) atoms. The lowest BCUT2D eigenvalue weighted by atomic mass is 10.2. The molecule has 0 saturated heterocycles. The lowest BCUT2D eigenvalue weighted by Gasteiger charge is -2.08. The molecule has 1 unspecified atom stereocenters. The summed E-state index contributed by atoms with van der Waals surface area (Å²) in [5.74, 6) is 0.325. The van der Waals surface area contributed by atoms with Crippen molar-refractivity contribution in [3.8, 4) is 11.5 Å². The van der Waals surface area contributed by atoms with Gasteiger partial charge in [0.1, 0.15) is 11.9 Å². The summed E-state index contributed by atoms with van der Waals surface area (Å²) in [7, 11) is 1.60. The molecular formula is C13H16FN3O2. The molecule has 0 aliphatic heterocycles. The highest BCUT2D eigenvalue weighted by atomic mass is 19.1. The van der Waals surface area contributed by atoms with E-state index < -0.39 is 5.82 Å². The molecule has 0 saturated carbocycles. The van der Waals surface area contributed by atoms with Gasteiger partial charge in [0.2, 0.25) is 5.82 Å². The van der Waals surface area contributed by atoms with E-state index in [4.69, 9.17) is 15.0 Å². The Kier molecular flexibility index (Phi) is 4.11. The van der Waals surface area contributed by atoms with Crippen LogP contribution < -0.4 is 5.73 Å². The topological polar surface area (TPSA) is 74.2 Å². The van der Waals surface area contributed by atoms with Gasteiger partial charge in [0.25, 0.3) is 5.89 Å². The number of hydrogen-bond donors (Lipinski definition) is 1. The third-order valence-corrected chi connectivity index (χ3v) is 2.81. The Hall–Kier alpha value is -1.95. The van der Waals surface area contributed by atoms with E-state index in [1.54, 1.807) is 13.2 Å². The molecule has 5 nitrogen and oxygen atoms in total. The number of halogens is 1. The highest BCUT2D eigenvalue weighted by Gasteiger charge is 2.18. The summed E-state index contributed by atoms with van der Waals surface area (Å²) in [5, 5.41) is 3.89. The zero-order valence-electron chi connectivity index (χ0n) is 10.9. The molecule has 0 bridgehead atoms. The second kappa shape index (κ2) is 5.79. The smallest absolute Gasteiger partial charge is 0.258 e. The first-order chi connectivity index (χ1) is 9.15. The van der Waals surface area contributed by atoms with Gasteiger partial charge in [-0.3, -0.25) is 0 Å². The third kappa shape index (κ3) is 2.90. The van der Waals surface area contributed by atoms with Crippen LogP contribution in [0.2, 0.25) is 0 Å². The molecule has 1 aromatic carbocycles. The SMILES string of the molecule is CCCC(OC)c1noc(-c2ccc(F)c(N)c2)n1. The molecule has 6 heteroatoms. The van der Waals surface area contributed by atoms with Crippen LogP contribution in [-0.2, 0) is 4.74 Å². The van der Waals surface area contributed by atoms with Crippen molar-refractivity contribution in [1.82, 2.24) is 10.1 Å². The van der Waals surface area contributed by atoms with Crippen LogP contribution in [0.1, 0.15) is 31.7 Å². The summed E-state index contributed by atoms with van der Waals surface area (Å²) in [6, 6.07) is 4.28. The van der Waals surface area contributed by atoms with Gasteiger partial charge in [-0.25, -0.2) is 4.39 Å². The fraction of sp³-hybridized carbons (Fsp3) is 0.385. The molecule has 0 radical (unpaired) electrons. The number of nitrogen functional groups attached to an aromatic ring is 1. The maximum Gasteiger partial charge on any atom is 0.258 e. The van der Waals surface area contributed by atoms with E-state index in [9.17, 15) is 4.39 Å². The second-order valence-corrected chi connectivity index (χ2v) is 4.21. The number of aromatic nitrogens is 2. The van der Waals surface area contributed by atoms with Gasteiger partial charge in [-0.1, -0.05) is 18.5 Å². The van der Waals surface area contributed by atoms with Crippen molar-refractivity contribution < 1.29 is 13.7 Å². The molecule has 0 amide bonds. The Morgan fingerprint density at radius 1 is 1.47 bits per heavy atom. The van der Waals surface area contributed by atoms with Crippen LogP contribution in [0.15, 0.2) is 22.7 Å². The highest BCUT2D eigenvalue weighted by molar-refractivity contribution is 5.60. The first-order valence-electron chi connectivity index (χ1n) is 6.07. The number of hydrogen-bond acceptors (Lipinski definition) is 5. The summed E-state index contributed by atoms with van der Waals surface area (Å²) in [4.78, 5) is 4.26. The van der Waals surface area contributed by atoms with Crippen molar-refractivity contribution in [3.63, 3.8) is 0 Å². The number of methoxy groups -OCH3 is 1. The van der Waals surface area contributed by atoms with Crippen molar-refractivity contribution in [2.24, 2.45) is 0 Å². The number of rotatable bonds is 5. The lowest BCUT2D eigenvalue weighted by molar-refractivity contribution is 0.0854. The normalized spacial score (nSPS) is 12.6. The Balaban J connectivity index is 2.27.